The summed E-state index contributed by atoms with van der Waals surface area (Å²) in [6, 6.07) is 9.13. The first-order valence-corrected chi connectivity index (χ1v) is 7.78. The highest BCUT2D eigenvalue weighted by Gasteiger charge is 2.42. The Morgan fingerprint density at radius 3 is 2.52 bits per heavy atom. The van der Waals surface area contributed by atoms with Gasteiger partial charge in [0, 0.05) is 5.56 Å². The molecule has 0 spiro atoms. The zero-order chi connectivity index (χ0) is 19.8. The monoisotopic (exact) mass is 378 g/mol. The van der Waals surface area contributed by atoms with E-state index in [2.05, 4.69) is 4.74 Å². The fourth-order valence-electron chi connectivity index (χ4n) is 2.77. The van der Waals surface area contributed by atoms with Gasteiger partial charge in [0.15, 0.2) is 0 Å². The normalized spacial score (nSPS) is 13.5. The lowest BCUT2D eigenvalue weighted by atomic mass is 9.95. The van der Waals surface area contributed by atoms with Gasteiger partial charge in [-0.15, -0.1) is 0 Å². The van der Waals surface area contributed by atoms with Crippen LogP contribution in [0.25, 0.3) is 0 Å². The molecule has 27 heavy (non-hydrogen) atoms. The highest BCUT2D eigenvalue weighted by Crippen LogP contribution is 2.37. The van der Waals surface area contributed by atoms with Crippen molar-refractivity contribution in [2.45, 2.75) is 19.0 Å². The molecule has 0 aromatic heterocycles. The zero-order valence-electron chi connectivity index (χ0n) is 13.7. The lowest BCUT2D eigenvalue weighted by Crippen LogP contribution is -2.30. The minimum Gasteiger partial charge on any atom is -0.422 e. The van der Waals surface area contributed by atoms with Crippen LogP contribution in [0.5, 0.6) is 11.5 Å². The van der Waals surface area contributed by atoms with Crippen LogP contribution in [-0.4, -0.2) is 24.0 Å². The summed E-state index contributed by atoms with van der Waals surface area (Å²) in [5, 5.41) is 7.55. The van der Waals surface area contributed by atoms with Crippen molar-refractivity contribution in [3.05, 3.63) is 58.7 Å². The van der Waals surface area contributed by atoms with E-state index >= 15 is 0 Å². The molecule has 0 radical (unpaired) electrons. The van der Waals surface area contributed by atoms with Crippen molar-refractivity contribution in [2.24, 2.45) is 5.73 Å². The maximum Gasteiger partial charge on any atom is 0.491 e. The number of hydrogen-bond donors (Lipinski definition) is 2. The lowest BCUT2D eigenvalue weighted by Gasteiger charge is -2.21. The lowest BCUT2D eigenvalue weighted by molar-refractivity contribution is -0.189. The number of alkyl halides is 3. The number of carbonyl (C=O) groups excluding carboxylic acids is 2. The standard InChI is InChI=1S/C18H13F3N2O4/c19-18(20,21)17(25)27-14-11-6-5-9-3-1-2-4-10(9)16(24)26-13(11)8-7-12(14)15(22)23/h1-4,7-8H,5-6H2,(H3,22,23). The van der Waals surface area contributed by atoms with Gasteiger partial charge in [0.1, 0.15) is 17.3 Å². The summed E-state index contributed by atoms with van der Waals surface area (Å²) in [5.74, 6) is -4.31. The van der Waals surface area contributed by atoms with Gasteiger partial charge in [-0.05, 0) is 36.6 Å². The minimum absolute atomic E-state index is 0.0514. The molecule has 0 aliphatic carbocycles. The van der Waals surface area contributed by atoms with Crippen molar-refractivity contribution < 1.29 is 32.2 Å². The summed E-state index contributed by atoms with van der Waals surface area (Å²) in [5.41, 5.74) is 6.24. The number of fused-ring (bicyclic) bond motifs is 2. The van der Waals surface area contributed by atoms with E-state index in [1.165, 1.54) is 12.1 Å². The Balaban J connectivity index is 2.11. The minimum atomic E-state index is -5.23. The van der Waals surface area contributed by atoms with Gasteiger partial charge >= 0.3 is 18.1 Å². The second-order valence-corrected chi connectivity index (χ2v) is 5.77. The molecule has 2 aromatic carbocycles. The van der Waals surface area contributed by atoms with Gasteiger partial charge in [0.2, 0.25) is 0 Å². The summed E-state index contributed by atoms with van der Waals surface area (Å²) in [6.07, 6.45) is -4.83. The van der Waals surface area contributed by atoms with Crippen LogP contribution in [0.3, 0.4) is 0 Å². The van der Waals surface area contributed by atoms with Gasteiger partial charge in [-0.25, -0.2) is 9.59 Å². The molecule has 1 aliphatic heterocycles. The van der Waals surface area contributed by atoms with Gasteiger partial charge in [0.25, 0.3) is 0 Å². The zero-order valence-corrected chi connectivity index (χ0v) is 13.7. The molecule has 6 nitrogen and oxygen atoms in total. The Hall–Kier alpha value is -3.36. The molecule has 0 fully saturated rings. The Morgan fingerprint density at radius 1 is 1.15 bits per heavy atom. The van der Waals surface area contributed by atoms with Crippen LogP contribution in [-0.2, 0) is 17.6 Å². The summed E-state index contributed by atoms with van der Waals surface area (Å²) in [6.45, 7) is 0. The van der Waals surface area contributed by atoms with Crippen LogP contribution in [0.1, 0.15) is 27.0 Å². The SMILES string of the molecule is N=C(N)c1ccc2c(c1OC(=O)C(F)(F)F)CCc1ccccc1C(=O)O2. The molecule has 2 aromatic rings. The molecular formula is C18H13F3N2O4. The van der Waals surface area contributed by atoms with Gasteiger partial charge in [0.05, 0.1) is 11.1 Å². The number of rotatable bonds is 2. The second-order valence-electron chi connectivity index (χ2n) is 5.77. The summed E-state index contributed by atoms with van der Waals surface area (Å²) >= 11 is 0. The Labute approximate surface area is 151 Å². The van der Waals surface area contributed by atoms with Crippen molar-refractivity contribution in [1.29, 1.82) is 5.41 Å². The van der Waals surface area contributed by atoms with Gasteiger partial charge in [-0.1, -0.05) is 18.2 Å². The van der Waals surface area contributed by atoms with Crippen LogP contribution >= 0.6 is 0 Å². The van der Waals surface area contributed by atoms with Crippen molar-refractivity contribution in [1.82, 2.24) is 0 Å². The number of aryl methyl sites for hydroxylation is 1. The number of nitrogen functional groups attached to an aromatic ring is 1. The third-order valence-corrected chi connectivity index (χ3v) is 4.02. The number of nitrogens with two attached hydrogens (primary N) is 1. The van der Waals surface area contributed by atoms with Crippen molar-refractivity contribution in [2.75, 3.05) is 0 Å². The van der Waals surface area contributed by atoms with Crippen molar-refractivity contribution in [3.63, 3.8) is 0 Å². The van der Waals surface area contributed by atoms with E-state index in [0.717, 1.165) is 0 Å². The van der Waals surface area contributed by atoms with Crippen LogP contribution in [0.4, 0.5) is 13.2 Å². The average Bonchev–Trinajstić information content (AvgIpc) is 2.58. The summed E-state index contributed by atoms with van der Waals surface area (Å²) in [7, 11) is 0. The van der Waals surface area contributed by atoms with E-state index in [9.17, 15) is 22.8 Å². The quantitative estimate of drug-likeness (QED) is 0.362. The maximum absolute atomic E-state index is 12.7. The number of benzene rings is 2. The van der Waals surface area contributed by atoms with Crippen LogP contribution in [0.2, 0.25) is 0 Å². The molecule has 3 N–H and O–H groups in total. The first kappa shape index (κ1) is 18.4. The molecule has 9 heteroatoms. The number of amidine groups is 1. The maximum atomic E-state index is 12.7. The summed E-state index contributed by atoms with van der Waals surface area (Å²) in [4.78, 5) is 23.7. The van der Waals surface area contributed by atoms with E-state index in [-0.39, 0.29) is 29.7 Å². The number of ether oxygens (including phenoxy) is 2. The van der Waals surface area contributed by atoms with Gasteiger partial charge < -0.3 is 15.2 Å². The highest BCUT2D eigenvalue weighted by molar-refractivity contribution is 6.00. The predicted molar refractivity (Wildman–Crippen MR) is 88.0 cm³/mol. The Morgan fingerprint density at radius 2 is 1.85 bits per heavy atom. The van der Waals surface area contributed by atoms with Gasteiger partial charge in [-0.3, -0.25) is 5.41 Å². The number of carbonyl (C=O) groups is 2. The van der Waals surface area contributed by atoms with E-state index in [0.29, 0.717) is 11.1 Å². The number of nitrogens with one attached hydrogen (secondary N) is 1. The molecule has 0 saturated heterocycles. The fourth-order valence-corrected chi connectivity index (χ4v) is 2.77. The largest absolute Gasteiger partial charge is 0.491 e. The van der Waals surface area contributed by atoms with Crippen LogP contribution < -0.4 is 15.2 Å². The summed E-state index contributed by atoms with van der Waals surface area (Å²) < 4.78 is 47.8. The Kier molecular flexibility index (Phi) is 4.61. The van der Waals surface area contributed by atoms with Crippen LogP contribution in [0.15, 0.2) is 36.4 Å². The third-order valence-electron chi connectivity index (χ3n) is 4.02. The van der Waals surface area contributed by atoms with Gasteiger partial charge in [-0.2, -0.15) is 13.2 Å². The third kappa shape index (κ3) is 3.62. The topological polar surface area (TPSA) is 102 Å². The molecular weight excluding hydrogens is 365 g/mol. The van der Waals surface area contributed by atoms with E-state index in [1.807, 2.05) is 0 Å². The smallest absolute Gasteiger partial charge is 0.422 e. The number of halogens is 3. The van der Waals surface area contributed by atoms with E-state index in [1.54, 1.807) is 24.3 Å². The Bertz CT molecular complexity index is 954. The molecule has 3 rings (SSSR count). The van der Waals surface area contributed by atoms with Crippen molar-refractivity contribution in [3.8, 4) is 11.5 Å². The first-order chi connectivity index (χ1) is 12.7. The van der Waals surface area contributed by atoms with Crippen molar-refractivity contribution >= 4 is 17.8 Å². The molecule has 0 saturated carbocycles. The molecule has 1 aliphatic rings. The highest BCUT2D eigenvalue weighted by atomic mass is 19.4. The fraction of sp³-hybridized carbons (Fsp3) is 0.167. The molecule has 0 atom stereocenters. The van der Waals surface area contributed by atoms with E-state index < -0.39 is 29.7 Å². The molecule has 1 heterocycles. The molecule has 0 amide bonds. The van der Waals surface area contributed by atoms with Crippen LogP contribution in [0, 0.1) is 5.41 Å². The second kappa shape index (κ2) is 6.75. The molecule has 0 bridgehead atoms. The average molecular weight is 378 g/mol. The molecule has 140 valence electrons. The number of hydrogen-bond acceptors (Lipinski definition) is 5. The molecule has 0 unspecified atom stereocenters. The number of esters is 2. The predicted octanol–water partition coefficient (Wildman–Crippen LogP) is 2.76. The first-order valence-electron chi connectivity index (χ1n) is 7.78. The van der Waals surface area contributed by atoms with E-state index in [4.69, 9.17) is 15.9 Å².